The van der Waals surface area contributed by atoms with Gasteiger partial charge in [-0.15, -0.1) is 0 Å². The van der Waals surface area contributed by atoms with Crippen LogP contribution in [0.25, 0.3) is 11.0 Å². The molecule has 0 radical (unpaired) electrons. The molecule has 2 rings (SSSR count). The average molecular weight is 319 g/mol. The van der Waals surface area contributed by atoms with Gasteiger partial charge in [0.15, 0.2) is 0 Å². The van der Waals surface area contributed by atoms with Gasteiger partial charge in [0.1, 0.15) is 12.1 Å². The van der Waals surface area contributed by atoms with Gasteiger partial charge in [-0.2, -0.15) is 0 Å². The molecule has 0 saturated heterocycles. The summed E-state index contributed by atoms with van der Waals surface area (Å²) >= 11 is 0. The number of nitrogens with two attached hydrogens (primary N) is 1. The van der Waals surface area contributed by atoms with Crippen molar-refractivity contribution in [2.45, 2.75) is 27.3 Å². The number of rotatable bonds is 6. The highest BCUT2D eigenvalue weighted by Crippen LogP contribution is 2.21. The maximum Gasteiger partial charge on any atom is 0.411 e. The maximum atomic E-state index is 11.7. The molecule has 1 amide bonds. The molecule has 0 spiro atoms. The Morgan fingerprint density at radius 2 is 2.13 bits per heavy atom. The molecule has 0 saturated carbocycles. The quantitative estimate of drug-likeness (QED) is 0.798. The number of hydrogen-bond donors (Lipinski definition) is 2. The first kappa shape index (κ1) is 17.0. The molecular weight excluding hydrogens is 296 g/mol. The Balaban J connectivity index is 2.25. The summed E-state index contributed by atoms with van der Waals surface area (Å²) in [5, 5.41) is 5.65. The van der Waals surface area contributed by atoms with Crippen molar-refractivity contribution in [2.75, 3.05) is 18.5 Å². The van der Waals surface area contributed by atoms with E-state index in [1.165, 1.54) is 6.07 Å². The molecule has 6 nitrogen and oxygen atoms in total. The zero-order valence-corrected chi connectivity index (χ0v) is 13.7. The molecule has 1 heterocycles. The molecule has 1 aromatic carbocycles. The molecule has 124 valence electrons. The second-order valence-electron chi connectivity index (χ2n) is 5.77. The summed E-state index contributed by atoms with van der Waals surface area (Å²) in [5.41, 5.74) is 1.53. The molecule has 0 atom stereocenters. The van der Waals surface area contributed by atoms with E-state index in [0.29, 0.717) is 30.3 Å². The number of amides is 1. The average Bonchev–Trinajstić information content (AvgIpc) is 2.46. The predicted octanol–water partition coefficient (Wildman–Crippen LogP) is 2.08. The summed E-state index contributed by atoms with van der Waals surface area (Å²) in [6.07, 6.45) is -0.532. The minimum Gasteiger partial charge on any atom is -0.450 e. The Labute approximate surface area is 134 Å². The van der Waals surface area contributed by atoms with Crippen molar-refractivity contribution >= 4 is 22.7 Å². The number of nitrogens with one attached hydrogen (secondary N) is 1. The van der Waals surface area contributed by atoms with Crippen LogP contribution in [0.4, 0.5) is 10.5 Å². The van der Waals surface area contributed by atoms with Gasteiger partial charge in [0, 0.05) is 34.7 Å². The maximum absolute atomic E-state index is 11.7. The van der Waals surface area contributed by atoms with Crippen molar-refractivity contribution in [3.63, 3.8) is 0 Å². The first-order valence-corrected chi connectivity index (χ1v) is 7.81. The van der Waals surface area contributed by atoms with Gasteiger partial charge in [-0.25, -0.2) is 9.59 Å². The Morgan fingerprint density at radius 3 is 2.83 bits per heavy atom. The fraction of sp³-hybridized carbons (Fsp3) is 0.412. The van der Waals surface area contributed by atoms with Gasteiger partial charge in [0.25, 0.3) is 0 Å². The smallest absolute Gasteiger partial charge is 0.411 e. The number of carbonyl (C=O) groups is 1. The van der Waals surface area contributed by atoms with Gasteiger partial charge in [0.05, 0.1) is 13.2 Å². The summed E-state index contributed by atoms with van der Waals surface area (Å²) in [4.78, 5) is 23.2. The SMILES string of the molecule is CCOC(=O)Nc1ccc2c(C[NH2+]CC(C)C)cc(=O)oc2c1. The van der Waals surface area contributed by atoms with Gasteiger partial charge in [-0.05, 0) is 19.1 Å². The molecule has 3 N–H and O–H groups in total. The molecule has 1 aromatic heterocycles. The number of fused-ring (bicyclic) bond motifs is 1. The summed E-state index contributed by atoms with van der Waals surface area (Å²) in [5.74, 6) is 0.585. The topological polar surface area (TPSA) is 85.1 Å². The second-order valence-corrected chi connectivity index (χ2v) is 5.77. The molecular formula is C17H23N2O4+. The third-order valence-corrected chi connectivity index (χ3v) is 3.35. The molecule has 0 aliphatic rings. The molecule has 0 bridgehead atoms. The molecule has 2 aromatic rings. The predicted molar refractivity (Wildman–Crippen MR) is 88.5 cm³/mol. The Kier molecular flexibility index (Phi) is 5.76. The summed E-state index contributed by atoms with van der Waals surface area (Å²) < 4.78 is 10.1. The molecule has 6 heteroatoms. The van der Waals surface area contributed by atoms with E-state index in [4.69, 9.17) is 9.15 Å². The van der Waals surface area contributed by atoms with E-state index in [-0.39, 0.29) is 0 Å². The lowest BCUT2D eigenvalue weighted by atomic mass is 10.1. The van der Waals surface area contributed by atoms with Crippen molar-refractivity contribution in [3.05, 3.63) is 40.2 Å². The van der Waals surface area contributed by atoms with Crippen LogP contribution in [-0.4, -0.2) is 19.2 Å². The van der Waals surface area contributed by atoms with E-state index in [1.807, 2.05) is 6.07 Å². The third-order valence-electron chi connectivity index (χ3n) is 3.35. The van der Waals surface area contributed by atoms with Crippen LogP contribution >= 0.6 is 0 Å². The fourth-order valence-corrected chi connectivity index (χ4v) is 2.33. The van der Waals surface area contributed by atoms with Crippen LogP contribution in [0.5, 0.6) is 0 Å². The van der Waals surface area contributed by atoms with Crippen LogP contribution < -0.4 is 16.3 Å². The van der Waals surface area contributed by atoms with Gasteiger partial charge < -0.3 is 14.5 Å². The first-order valence-electron chi connectivity index (χ1n) is 7.81. The van der Waals surface area contributed by atoms with E-state index >= 15 is 0 Å². The highest BCUT2D eigenvalue weighted by molar-refractivity contribution is 5.89. The van der Waals surface area contributed by atoms with Crippen LogP contribution in [0.1, 0.15) is 26.3 Å². The minimum atomic E-state index is -0.532. The lowest BCUT2D eigenvalue weighted by Gasteiger charge is -2.09. The highest BCUT2D eigenvalue weighted by Gasteiger charge is 2.10. The largest absolute Gasteiger partial charge is 0.450 e. The monoisotopic (exact) mass is 319 g/mol. The van der Waals surface area contributed by atoms with Crippen molar-refractivity contribution < 1.29 is 19.3 Å². The van der Waals surface area contributed by atoms with Gasteiger partial charge in [-0.3, -0.25) is 5.32 Å². The van der Waals surface area contributed by atoms with Gasteiger partial charge >= 0.3 is 11.7 Å². The number of carbonyl (C=O) groups excluding carboxylic acids is 1. The zero-order chi connectivity index (χ0) is 16.8. The first-order chi connectivity index (χ1) is 11.0. The number of benzene rings is 1. The van der Waals surface area contributed by atoms with Crippen LogP contribution in [-0.2, 0) is 11.3 Å². The van der Waals surface area contributed by atoms with Crippen LogP contribution in [0.2, 0.25) is 0 Å². The Bertz CT molecular complexity index is 737. The fourth-order valence-electron chi connectivity index (χ4n) is 2.33. The van der Waals surface area contributed by atoms with Crippen LogP contribution in [0.3, 0.4) is 0 Å². The van der Waals surface area contributed by atoms with Crippen molar-refractivity contribution in [1.82, 2.24) is 0 Å². The summed E-state index contributed by atoms with van der Waals surface area (Å²) in [7, 11) is 0. The molecule has 23 heavy (non-hydrogen) atoms. The highest BCUT2D eigenvalue weighted by atomic mass is 16.5. The van der Waals surface area contributed by atoms with Crippen molar-refractivity contribution in [1.29, 1.82) is 0 Å². The zero-order valence-electron chi connectivity index (χ0n) is 13.7. The molecule has 0 aliphatic heterocycles. The van der Waals surface area contributed by atoms with Crippen molar-refractivity contribution in [2.24, 2.45) is 5.92 Å². The normalized spacial score (nSPS) is 11.0. The van der Waals surface area contributed by atoms with Gasteiger partial charge in [0.2, 0.25) is 0 Å². The van der Waals surface area contributed by atoms with E-state index in [0.717, 1.165) is 17.5 Å². The molecule has 0 fully saturated rings. The standard InChI is InChI=1S/C17H22N2O4/c1-4-22-17(21)19-13-5-6-14-12(10-18-9-11(2)3)7-16(20)23-15(14)8-13/h5-8,11,18H,4,9-10H2,1-3H3,(H,19,21)/p+1. The van der Waals surface area contributed by atoms with E-state index in [1.54, 1.807) is 19.1 Å². The Morgan fingerprint density at radius 1 is 1.35 bits per heavy atom. The Hall–Kier alpha value is -2.34. The molecule has 0 unspecified atom stereocenters. The summed E-state index contributed by atoms with van der Waals surface area (Å²) in [6.45, 7) is 8.04. The lowest BCUT2D eigenvalue weighted by molar-refractivity contribution is -0.675. The van der Waals surface area contributed by atoms with E-state index in [9.17, 15) is 9.59 Å². The van der Waals surface area contributed by atoms with Crippen LogP contribution in [0.15, 0.2) is 33.5 Å². The second kappa shape index (κ2) is 7.78. The number of ether oxygens (including phenoxy) is 1. The number of quaternary nitrogens is 1. The number of hydrogen-bond acceptors (Lipinski definition) is 4. The van der Waals surface area contributed by atoms with Crippen LogP contribution in [0, 0.1) is 5.92 Å². The lowest BCUT2D eigenvalue weighted by Crippen LogP contribution is -2.83. The third kappa shape index (κ3) is 4.82. The molecule has 0 aliphatic carbocycles. The number of anilines is 1. The van der Waals surface area contributed by atoms with E-state index < -0.39 is 11.7 Å². The summed E-state index contributed by atoms with van der Waals surface area (Å²) in [6, 6.07) is 6.78. The minimum absolute atomic E-state index is 0.296. The van der Waals surface area contributed by atoms with Gasteiger partial charge in [-0.1, -0.05) is 13.8 Å². The van der Waals surface area contributed by atoms with E-state index in [2.05, 4.69) is 24.5 Å². The van der Waals surface area contributed by atoms with Crippen molar-refractivity contribution in [3.8, 4) is 0 Å².